The molecule has 0 spiro atoms. The molecule has 1 aromatic heterocycles. The number of ether oxygens (including phenoxy) is 1. The lowest BCUT2D eigenvalue weighted by atomic mass is 10.2. The maximum absolute atomic E-state index is 12.6. The van der Waals surface area contributed by atoms with Crippen molar-refractivity contribution in [2.75, 3.05) is 0 Å². The van der Waals surface area contributed by atoms with Crippen LogP contribution in [-0.2, 0) is 5.33 Å². The fourth-order valence-corrected chi connectivity index (χ4v) is 1.28. The third kappa shape index (κ3) is 3.37. The summed E-state index contributed by atoms with van der Waals surface area (Å²) in [5, 5.41) is 0.592. The van der Waals surface area contributed by atoms with E-state index in [-0.39, 0.29) is 5.88 Å². The van der Waals surface area contributed by atoms with Crippen molar-refractivity contribution in [1.82, 2.24) is 4.98 Å². The SMILES string of the molecule is Cc1cc(CBr)cnc1OC(F)C(F)F. The van der Waals surface area contributed by atoms with Gasteiger partial charge in [-0.25, -0.2) is 13.8 Å². The second-order valence-corrected chi connectivity index (χ2v) is 3.46. The molecule has 0 saturated heterocycles. The summed E-state index contributed by atoms with van der Waals surface area (Å²) >= 11 is 3.22. The Labute approximate surface area is 93.6 Å². The predicted molar refractivity (Wildman–Crippen MR) is 53.1 cm³/mol. The molecular weight excluding hydrogens is 275 g/mol. The first kappa shape index (κ1) is 12.3. The Bertz CT molecular complexity index is 335. The molecule has 2 nitrogen and oxygen atoms in total. The van der Waals surface area contributed by atoms with Crippen molar-refractivity contribution in [3.05, 3.63) is 23.4 Å². The molecule has 0 aromatic carbocycles. The predicted octanol–water partition coefficient (Wildman–Crippen LogP) is 3.22. The molecule has 0 aliphatic carbocycles. The second kappa shape index (κ2) is 5.34. The smallest absolute Gasteiger partial charge is 0.304 e. The van der Waals surface area contributed by atoms with Crippen LogP contribution >= 0.6 is 15.9 Å². The van der Waals surface area contributed by atoms with Crippen LogP contribution in [-0.4, -0.2) is 17.8 Å². The minimum Gasteiger partial charge on any atom is -0.437 e. The zero-order valence-corrected chi connectivity index (χ0v) is 9.47. The number of pyridine rings is 1. The average molecular weight is 284 g/mol. The van der Waals surface area contributed by atoms with Gasteiger partial charge in [0.15, 0.2) is 0 Å². The number of hydrogen-bond donors (Lipinski definition) is 0. The molecule has 0 N–H and O–H groups in total. The van der Waals surface area contributed by atoms with Crippen molar-refractivity contribution in [2.24, 2.45) is 0 Å². The van der Waals surface area contributed by atoms with Gasteiger partial charge < -0.3 is 4.74 Å². The molecule has 6 heteroatoms. The maximum atomic E-state index is 12.6. The summed E-state index contributed by atoms with van der Waals surface area (Å²) < 4.78 is 40.6. The van der Waals surface area contributed by atoms with Gasteiger partial charge in [-0.3, -0.25) is 0 Å². The Morgan fingerprint density at radius 1 is 1.47 bits per heavy atom. The summed E-state index contributed by atoms with van der Waals surface area (Å²) in [7, 11) is 0. The van der Waals surface area contributed by atoms with E-state index in [9.17, 15) is 13.2 Å². The Balaban J connectivity index is 2.78. The Kier molecular flexibility index (Phi) is 4.38. The highest BCUT2D eigenvalue weighted by molar-refractivity contribution is 9.08. The molecule has 0 saturated carbocycles. The van der Waals surface area contributed by atoms with Crippen LogP contribution in [0.15, 0.2) is 12.3 Å². The number of aromatic nitrogens is 1. The molecule has 0 amide bonds. The molecule has 84 valence electrons. The molecule has 1 rings (SSSR count). The highest BCUT2D eigenvalue weighted by Gasteiger charge is 2.22. The number of alkyl halides is 4. The van der Waals surface area contributed by atoms with Crippen LogP contribution in [0.25, 0.3) is 0 Å². The van der Waals surface area contributed by atoms with E-state index >= 15 is 0 Å². The molecule has 15 heavy (non-hydrogen) atoms. The van der Waals surface area contributed by atoms with Crippen LogP contribution in [0.3, 0.4) is 0 Å². The molecule has 1 heterocycles. The van der Waals surface area contributed by atoms with E-state index in [2.05, 4.69) is 25.7 Å². The van der Waals surface area contributed by atoms with Crippen molar-refractivity contribution in [1.29, 1.82) is 0 Å². The van der Waals surface area contributed by atoms with E-state index < -0.39 is 12.8 Å². The highest BCUT2D eigenvalue weighted by atomic mass is 79.9. The molecule has 0 aliphatic heterocycles. The van der Waals surface area contributed by atoms with E-state index in [0.29, 0.717) is 10.9 Å². The Morgan fingerprint density at radius 2 is 2.13 bits per heavy atom. The van der Waals surface area contributed by atoms with Gasteiger partial charge in [0.1, 0.15) is 0 Å². The zero-order valence-electron chi connectivity index (χ0n) is 7.88. The van der Waals surface area contributed by atoms with Gasteiger partial charge in [0.05, 0.1) is 0 Å². The lowest BCUT2D eigenvalue weighted by Gasteiger charge is -2.11. The second-order valence-electron chi connectivity index (χ2n) is 2.90. The van der Waals surface area contributed by atoms with Crippen LogP contribution in [0.5, 0.6) is 5.88 Å². The first-order chi connectivity index (χ1) is 7.04. The monoisotopic (exact) mass is 283 g/mol. The molecule has 1 aromatic rings. The van der Waals surface area contributed by atoms with E-state index in [1.165, 1.54) is 6.20 Å². The molecule has 0 aliphatic rings. The fourth-order valence-electron chi connectivity index (χ4n) is 0.975. The van der Waals surface area contributed by atoms with Gasteiger partial charge in [0.25, 0.3) is 6.36 Å². The van der Waals surface area contributed by atoms with Crippen LogP contribution in [0, 0.1) is 6.92 Å². The molecule has 0 fully saturated rings. The minimum absolute atomic E-state index is 0.104. The largest absolute Gasteiger partial charge is 0.437 e. The number of aryl methyl sites for hydroxylation is 1. The molecular formula is C9H9BrF3NO. The van der Waals surface area contributed by atoms with Crippen molar-refractivity contribution in [3.63, 3.8) is 0 Å². The van der Waals surface area contributed by atoms with E-state index in [4.69, 9.17) is 0 Å². The third-order valence-corrected chi connectivity index (χ3v) is 2.31. The normalized spacial score (nSPS) is 12.9. The first-order valence-corrected chi connectivity index (χ1v) is 5.27. The van der Waals surface area contributed by atoms with Crippen LogP contribution < -0.4 is 4.74 Å². The highest BCUT2D eigenvalue weighted by Crippen LogP contribution is 2.20. The number of halogens is 4. The maximum Gasteiger partial charge on any atom is 0.304 e. The zero-order chi connectivity index (χ0) is 11.4. The topological polar surface area (TPSA) is 22.1 Å². The van der Waals surface area contributed by atoms with E-state index in [1.54, 1.807) is 13.0 Å². The lowest BCUT2D eigenvalue weighted by molar-refractivity contribution is -0.0693. The van der Waals surface area contributed by atoms with Crippen LogP contribution in [0.2, 0.25) is 0 Å². The van der Waals surface area contributed by atoms with Crippen LogP contribution in [0.4, 0.5) is 13.2 Å². The molecule has 0 bridgehead atoms. The van der Waals surface area contributed by atoms with Gasteiger partial charge in [-0.2, -0.15) is 4.39 Å². The van der Waals surface area contributed by atoms with Crippen LogP contribution in [0.1, 0.15) is 11.1 Å². The minimum atomic E-state index is -3.16. The third-order valence-electron chi connectivity index (χ3n) is 1.66. The van der Waals surface area contributed by atoms with Gasteiger partial charge in [-0.15, -0.1) is 0 Å². The van der Waals surface area contributed by atoms with Gasteiger partial charge in [-0.1, -0.05) is 15.9 Å². The summed E-state index contributed by atoms with van der Waals surface area (Å²) in [6.07, 6.45) is -4.36. The van der Waals surface area contributed by atoms with Crippen molar-refractivity contribution < 1.29 is 17.9 Å². The summed E-state index contributed by atoms with van der Waals surface area (Å²) in [6.45, 7) is 1.62. The van der Waals surface area contributed by atoms with Gasteiger partial charge >= 0.3 is 6.43 Å². The molecule has 0 radical (unpaired) electrons. The van der Waals surface area contributed by atoms with Crippen molar-refractivity contribution >= 4 is 15.9 Å². The first-order valence-electron chi connectivity index (χ1n) is 4.15. The fraction of sp³-hybridized carbons (Fsp3) is 0.444. The van der Waals surface area contributed by atoms with E-state index in [1.807, 2.05) is 0 Å². The number of hydrogen-bond acceptors (Lipinski definition) is 2. The standard InChI is InChI=1S/C9H9BrF3NO/c1-5-2-6(3-10)4-14-9(5)15-8(13)7(11)12/h2,4,7-8H,3H2,1H3. The Hall–Kier alpha value is -0.780. The van der Waals surface area contributed by atoms with Crippen molar-refractivity contribution in [3.8, 4) is 5.88 Å². The lowest BCUT2D eigenvalue weighted by Crippen LogP contribution is -2.20. The summed E-state index contributed by atoms with van der Waals surface area (Å²) in [5.74, 6) is -0.104. The van der Waals surface area contributed by atoms with Gasteiger partial charge in [0.2, 0.25) is 5.88 Å². The Morgan fingerprint density at radius 3 is 2.60 bits per heavy atom. The van der Waals surface area contributed by atoms with Gasteiger partial charge in [0, 0.05) is 17.1 Å². The number of rotatable bonds is 4. The summed E-state index contributed by atoms with van der Waals surface area (Å²) in [5.41, 5.74) is 1.39. The quantitative estimate of drug-likeness (QED) is 0.792. The van der Waals surface area contributed by atoms with Gasteiger partial charge in [-0.05, 0) is 18.6 Å². The number of nitrogens with zero attached hydrogens (tertiary/aromatic N) is 1. The van der Waals surface area contributed by atoms with E-state index in [0.717, 1.165) is 5.56 Å². The average Bonchev–Trinajstić information content (AvgIpc) is 2.20. The van der Waals surface area contributed by atoms with Crippen molar-refractivity contribution in [2.45, 2.75) is 25.0 Å². The summed E-state index contributed by atoms with van der Waals surface area (Å²) in [6, 6.07) is 1.69. The summed E-state index contributed by atoms with van der Waals surface area (Å²) in [4.78, 5) is 3.75. The molecule has 1 atom stereocenters. The molecule has 1 unspecified atom stereocenters.